The standard InChI is InChI=1S/C25H26FN3O6/c1-4-25(33)17-10-19-21-14(9-13-15(11-28(2)3)20(30)6-5-18(13)27-21)23(34-8-7-26)29(19)22(31)16(17)12-35-24(25)32/h5-6,9-10,23,30,33H,4,7-8,11-12H2,1-3H3/t23-,25-/m0/s1. The zero-order valence-electron chi connectivity index (χ0n) is 19.7. The molecule has 2 aromatic heterocycles. The maximum absolute atomic E-state index is 13.6. The van der Waals surface area contributed by atoms with E-state index in [0.717, 1.165) is 0 Å². The van der Waals surface area contributed by atoms with Crippen molar-refractivity contribution in [1.29, 1.82) is 0 Å². The number of phenolic OH excluding ortho intramolecular Hbond substituents is 1. The molecule has 2 atom stereocenters. The SMILES string of the molecule is CC[C@@]1(O)C(=O)OCc2c1cc1n(c2=O)[C@@H](OCCF)c2cc3c(CN(C)C)c(O)ccc3nc2-1. The zero-order chi connectivity index (χ0) is 25.1. The zero-order valence-corrected chi connectivity index (χ0v) is 19.7. The Balaban J connectivity index is 1.81. The van der Waals surface area contributed by atoms with E-state index in [0.29, 0.717) is 40.0 Å². The lowest BCUT2D eigenvalue weighted by Gasteiger charge is -2.32. The molecule has 0 fully saturated rings. The van der Waals surface area contributed by atoms with Crippen LogP contribution < -0.4 is 5.56 Å². The Morgan fingerprint density at radius 2 is 2.09 bits per heavy atom. The Labute approximate surface area is 200 Å². The summed E-state index contributed by atoms with van der Waals surface area (Å²) in [5.74, 6) is -0.698. The van der Waals surface area contributed by atoms with Gasteiger partial charge in [-0.3, -0.25) is 9.36 Å². The summed E-state index contributed by atoms with van der Waals surface area (Å²) in [4.78, 5) is 32.7. The van der Waals surface area contributed by atoms with Crippen LogP contribution in [0.25, 0.3) is 22.3 Å². The molecule has 0 bridgehead atoms. The molecule has 184 valence electrons. The van der Waals surface area contributed by atoms with Crippen molar-refractivity contribution in [2.24, 2.45) is 0 Å². The summed E-state index contributed by atoms with van der Waals surface area (Å²) in [5, 5.41) is 22.3. The second-order valence-electron chi connectivity index (χ2n) is 9.09. The molecule has 0 aliphatic carbocycles. The van der Waals surface area contributed by atoms with Crippen molar-refractivity contribution in [3.05, 3.63) is 56.9 Å². The number of aliphatic hydroxyl groups is 1. The van der Waals surface area contributed by atoms with E-state index in [2.05, 4.69) is 0 Å². The van der Waals surface area contributed by atoms with Crippen molar-refractivity contribution in [3.63, 3.8) is 0 Å². The summed E-state index contributed by atoms with van der Waals surface area (Å²) in [7, 11) is 3.76. The van der Waals surface area contributed by atoms with Gasteiger partial charge in [-0.05, 0) is 44.8 Å². The molecule has 0 unspecified atom stereocenters. The number of cyclic esters (lactones) is 1. The van der Waals surface area contributed by atoms with Crippen molar-refractivity contribution in [2.75, 3.05) is 27.4 Å². The number of ether oxygens (including phenoxy) is 2. The van der Waals surface area contributed by atoms with Crippen LogP contribution in [0.5, 0.6) is 5.75 Å². The molecule has 0 spiro atoms. The minimum Gasteiger partial charge on any atom is -0.508 e. The fraction of sp³-hybridized carbons (Fsp3) is 0.400. The van der Waals surface area contributed by atoms with Gasteiger partial charge in [-0.25, -0.2) is 14.2 Å². The number of benzene rings is 1. The molecule has 5 rings (SSSR count). The highest BCUT2D eigenvalue weighted by atomic mass is 19.1. The van der Waals surface area contributed by atoms with Gasteiger partial charge in [0.05, 0.1) is 29.1 Å². The monoisotopic (exact) mass is 483 g/mol. The molecular formula is C25H26FN3O6. The van der Waals surface area contributed by atoms with Crippen LogP contribution in [0.1, 0.15) is 41.8 Å². The summed E-state index contributed by atoms with van der Waals surface area (Å²) in [6.45, 7) is 0.806. The molecule has 0 saturated carbocycles. The first-order valence-electron chi connectivity index (χ1n) is 11.4. The average Bonchev–Trinajstić information content (AvgIpc) is 3.13. The number of esters is 1. The Hall–Kier alpha value is -3.34. The van der Waals surface area contributed by atoms with Crippen molar-refractivity contribution in [1.82, 2.24) is 14.5 Å². The van der Waals surface area contributed by atoms with Gasteiger partial charge in [0, 0.05) is 28.6 Å². The van der Waals surface area contributed by atoms with Crippen LogP contribution in [0.4, 0.5) is 4.39 Å². The van der Waals surface area contributed by atoms with Gasteiger partial charge in [-0.15, -0.1) is 0 Å². The first kappa shape index (κ1) is 23.4. The molecule has 0 saturated heterocycles. The molecular weight excluding hydrogens is 457 g/mol. The highest BCUT2D eigenvalue weighted by Gasteiger charge is 2.46. The number of hydrogen-bond acceptors (Lipinski definition) is 8. The second-order valence-corrected chi connectivity index (χ2v) is 9.09. The van der Waals surface area contributed by atoms with Gasteiger partial charge < -0.3 is 24.6 Å². The van der Waals surface area contributed by atoms with E-state index in [1.165, 1.54) is 4.57 Å². The molecule has 4 heterocycles. The Kier molecular flexibility index (Phi) is 5.62. The summed E-state index contributed by atoms with van der Waals surface area (Å²) in [5.41, 5.74) is 0.448. The van der Waals surface area contributed by atoms with Gasteiger partial charge in [0.1, 0.15) is 19.0 Å². The highest BCUT2D eigenvalue weighted by Crippen LogP contribution is 2.44. The van der Waals surface area contributed by atoms with Gasteiger partial charge in [0.15, 0.2) is 11.8 Å². The number of aromatic hydroxyl groups is 1. The van der Waals surface area contributed by atoms with Crippen LogP contribution in [0, 0.1) is 0 Å². The number of fused-ring (bicyclic) bond motifs is 5. The quantitative estimate of drug-likeness (QED) is 0.514. The minimum absolute atomic E-state index is 0.0225. The summed E-state index contributed by atoms with van der Waals surface area (Å²) in [6, 6.07) is 6.63. The Morgan fingerprint density at radius 1 is 1.31 bits per heavy atom. The number of hydrogen-bond donors (Lipinski definition) is 2. The molecule has 1 aromatic carbocycles. The molecule has 10 heteroatoms. The molecule has 3 aromatic rings. The van der Waals surface area contributed by atoms with Crippen molar-refractivity contribution >= 4 is 16.9 Å². The summed E-state index contributed by atoms with van der Waals surface area (Å²) >= 11 is 0. The molecule has 0 radical (unpaired) electrons. The number of alkyl halides is 1. The topological polar surface area (TPSA) is 114 Å². The lowest BCUT2D eigenvalue weighted by Crippen LogP contribution is -2.44. The van der Waals surface area contributed by atoms with Crippen LogP contribution in [-0.2, 0) is 33.0 Å². The number of halogens is 1. The van der Waals surface area contributed by atoms with Crippen LogP contribution in [0.3, 0.4) is 0 Å². The van der Waals surface area contributed by atoms with Gasteiger partial charge in [0.25, 0.3) is 5.56 Å². The third-order valence-electron chi connectivity index (χ3n) is 6.67. The maximum atomic E-state index is 13.6. The third kappa shape index (κ3) is 3.43. The van der Waals surface area contributed by atoms with E-state index in [9.17, 15) is 24.2 Å². The lowest BCUT2D eigenvalue weighted by atomic mass is 9.86. The second kappa shape index (κ2) is 8.40. The number of aromatic nitrogens is 2. The molecule has 0 amide bonds. The number of nitrogens with zero attached hydrogens (tertiary/aromatic N) is 3. The van der Waals surface area contributed by atoms with Crippen LogP contribution in [-0.4, -0.2) is 58.0 Å². The van der Waals surface area contributed by atoms with E-state index >= 15 is 0 Å². The molecule has 9 nitrogen and oxygen atoms in total. The van der Waals surface area contributed by atoms with E-state index in [4.69, 9.17) is 14.5 Å². The summed E-state index contributed by atoms with van der Waals surface area (Å²) < 4.78 is 25.4. The third-order valence-corrected chi connectivity index (χ3v) is 6.67. The van der Waals surface area contributed by atoms with E-state index in [1.807, 2.05) is 19.0 Å². The lowest BCUT2D eigenvalue weighted by molar-refractivity contribution is -0.172. The van der Waals surface area contributed by atoms with Crippen molar-refractivity contribution in [2.45, 2.75) is 38.3 Å². The number of pyridine rings is 2. The number of rotatable bonds is 6. The van der Waals surface area contributed by atoms with Crippen LogP contribution in [0.15, 0.2) is 29.1 Å². The molecule has 35 heavy (non-hydrogen) atoms. The molecule has 2 aliphatic rings. The predicted octanol–water partition coefficient (Wildman–Crippen LogP) is 2.33. The van der Waals surface area contributed by atoms with E-state index < -0.39 is 30.0 Å². The van der Waals surface area contributed by atoms with E-state index in [-0.39, 0.29) is 36.5 Å². The normalized spacial score (nSPS) is 20.6. The van der Waals surface area contributed by atoms with Gasteiger partial charge >= 0.3 is 5.97 Å². The van der Waals surface area contributed by atoms with Crippen LogP contribution in [0.2, 0.25) is 0 Å². The van der Waals surface area contributed by atoms with Gasteiger partial charge in [0.2, 0.25) is 0 Å². The average molecular weight is 483 g/mol. The van der Waals surface area contributed by atoms with Gasteiger partial charge in [-0.1, -0.05) is 6.92 Å². The van der Waals surface area contributed by atoms with Crippen LogP contribution >= 0.6 is 0 Å². The number of carbonyl (C=O) groups is 1. The molecule has 2 aliphatic heterocycles. The first-order chi connectivity index (χ1) is 16.7. The van der Waals surface area contributed by atoms with Crippen molar-refractivity contribution < 1.29 is 28.9 Å². The van der Waals surface area contributed by atoms with Gasteiger partial charge in [-0.2, -0.15) is 0 Å². The fourth-order valence-corrected chi connectivity index (χ4v) is 4.93. The number of carbonyl (C=O) groups excluding carboxylic acids is 1. The predicted molar refractivity (Wildman–Crippen MR) is 125 cm³/mol. The van der Waals surface area contributed by atoms with Crippen molar-refractivity contribution in [3.8, 4) is 17.1 Å². The summed E-state index contributed by atoms with van der Waals surface area (Å²) in [6.07, 6.45) is -0.943. The largest absolute Gasteiger partial charge is 0.508 e. The Morgan fingerprint density at radius 3 is 2.77 bits per heavy atom. The first-order valence-corrected chi connectivity index (χ1v) is 11.4. The van der Waals surface area contributed by atoms with E-state index in [1.54, 1.807) is 31.2 Å². The number of phenols is 1. The molecule has 2 N–H and O–H groups in total. The Bertz CT molecular complexity index is 1420. The highest BCUT2D eigenvalue weighted by molar-refractivity contribution is 5.89. The fourth-order valence-electron chi connectivity index (χ4n) is 4.93. The minimum atomic E-state index is -1.96. The smallest absolute Gasteiger partial charge is 0.343 e. The maximum Gasteiger partial charge on any atom is 0.343 e.